The van der Waals surface area contributed by atoms with Crippen LogP contribution in [0.5, 0.6) is 5.75 Å². The Balaban J connectivity index is 1.95. The fraction of sp³-hybridized carbons (Fsp3) is 0.176. The van der Waals surface area contributed by atoms with Crippen LogP contribution in [-0.2, 0) is 17.4 Å². The van der Waals surface area contributed by atoms with Crippen LogP contribution in [0.2, 0.25) is 0 Å². The second-order valence-corrected chi connectivity index (χ2v) is 4.94. The highest BCUT2D eigenvalue weighted by atomic mass is 19.4. The second kappa shape index (κ2) is 7.63. The molecule has 4 nitrogen and oxygen atoms in total. The predicted molar refractivity (Wildman–Crippen MR) is 83.9 cm³/mol. The van der Waals surface area contributed by atoms with Crippen molar-refractivity contribution in [2.45, 2.75) is 12.6 Å². The molecule has 0 aromatic heterocycles. The monoisotopic (exact) mass is 336 g/mol. The summed E-state index contributed by atoms with van der Waals surface area (Å²) in [5, 5.41) is 3.78. The second-order valence-electron chi connectivity index (χ2n) is 4.94. The molecule has 24 heavy (non-hydrogen) atoms. The summed E-state index contributed by atoms with van der Waals surface area (Å²) in [5.74, 6) is 0.141. The first-order valence-corrected chi connectivity index (χ1v) is 7.00. The molecule has 0 fully saturated rings. The van der Waals surface area contributed by atoms with Gasteiger partial charge in [0, 0.05) is 0 Å². The first-order chi connectivity index (χ1) is 11.4. The minimum atomic E-state index is -4.43. The number of nitrogens with zero attached hydrogens (tertiary/aromatic N) is 1. The van der Waals surface area contributed by atoms with E-state index in [2.05, 4.69) is 10.5 Å². The number of ether oxygens (including phenoxy) is 1. The molecule has 0 aliphatic carbocycles. The Morgan fingerprint density at radius 3 is 2.67 bits per heavy atom. The lowest BCUT2D eigenvalue weighted by Gasteiger charge is -2.08. The Labute approximate surface area is 137 Å². The molecule has 0 aliphatic heterocycles. The molecule has 0 saturated heterocycles. The predicted octanol–water partition coefficient (Wildman–Crippen LogP) is 3.41. The molecular weight excluding hydrogens is 321 g/mol. The summed E-state index contributed by atoms with van der Waals surface area (Å²) in [4.78, 5) is 11.8. The molecule has 2 aromatic carbocycles. The first kappa shape index (κ1) is 17.5. The van der Waals surface area contributed by atoms with E-state index in [-0.39, 0.29) is 12.0 Å². The lowest BCUT2D eigenvalue weighted by molar-refractivity contribution is -0.137. The molecule has 0 spiro atoms. The molecule has 1 N–H and O–H groups in total. The highest BCUT2D eigenvalue weighted by Gasteiger charge is 2.30. The molecule has 0 heterocycles. The summed E-state index contributed by atoms with van der Waals surface area (Å²) in [6.07, 6.45) is -3.21. The van der Waals surface area contributed by atoms with Gasteiger partial charge in [-0.25, -0.2) is 5.43 Å². The number of carbonyl (C=O) groups excluding carboxylic acids is 1. The lowest BCUT2D eigenvalue weighted by atomic mass is 10.1. The van der Waals surface area contributed by atoms with Gasteiger partial charge >= 0.3 is 6.18 Å². The van der Waals surface area contributed by atoms with E-state index in [0.29, 0.717) is 11.3 Å². The first-order valence-electron chi connectivity index (χ1n) is 7.00. The molecule has 2 aromatic rings. The average Bonchev–Trinajstić information content (AvgIpc) is 2.54. The molecule has 0 atom stereocenters. The minimum absolute atomic E-state index is 0.195. The molecular formula is C17H15F3N2O2. The maximum atomic E-state index is 12.6. The number of benzene rings is 2. The van der Waals surface area contributed by atoms with Crippen molar-refractivity contribution >= 4 is 12.1 Å². The maximum absolute atomic E-state index is 12.6. The van der Waals surface area contributed by atoms with Crippen LogP contribution in [0.1, 0.15) is 16.7 Å². The smallest absolute Gasteiger partial charge is 0.416 e. The quantitative estimate of drug-likeness (QED) is 0.672. The molecule has 126 valence electrons. The fourth-order valence-electron chi connectivity index (χ4n) is 1.98. The van der Waals surface area contributed by atoms with Gasteiger partial charge in [0.25, 0.3) is 0 Å². The van der Waals surface area contributed by atoms with E-state index < -0.39 is 17.6 Å². The van der Waals surface area contributed by atoms with Gasteiger partial charge in [0.05, 0.1) is 25.3 Å². The van der Waals surface area contributed by atoms with Crippen LogP contribution >= 0.6 is 0 Å². The third-order valence-electron chi connectivity index (χ3n) is 3.12. The molecule has 0 unspecified atom stereocenters. The van der Waals surface area contributed by atoms with Crippen LogP contribution in [0.4, 0.5) is 13.2 Å². The van der Waals surface area contributed by atoms with Crippen molar-refractivity contribution in [3.8, 4) is 5.75 Å². The zero-order chi connectivity index (χ0) is 17.6. The largest absolute Gasteiger partial charge is 0.497 e. The van der Waals surface area contributed by atoms with Crippen LogP contribution in [0.15, 0.2) is 53.6 Å². The normalized spacial score (nSPS) is 11.5. The Kier molecular flexibility index (Phi) is 5.57. The Hall–Kier alpha value is -2.83. The highest BCUT2D eigenvalue weighted by Crippen LogP contribution is 2.29. The Bertz CT molecular complexity index is 743. The molecule has 1 amide bonds. The summed E-state index contributed by atoms with van der Waals surface area (Å²) in [6, 6.07) is 11.7. The summed E-state index contributed by atoms with van der Waals surface area (Å²) >= 11 is 0. The number of alkyl halides is 3. The zero-order valence-corrected chi connectivity index (χ0v) is 12.8. The van der Waals surface area contributed by atoms with Gasteiger partial charge in [0.15, 0.2) is 0 Å². The van der Waals surface area contributed by atoms with Crippen molar-refractivity contribution in [2.24, 2.45) is 5.10 Å². The van der Waals surface area contributed by atoms with Crippen LogP contribution in [0.3, 0.4) is 0 Å². The fourth-order valence-corrected chi connectivity index (χ4v) is 1.98. The van der Waals surface area contributed by atoms with Crippen LogP contribution < -0.4 is 10.2 Å². The Morgan fingerprint density at radius 1 is 1.21 bits per heavy atom. The molecule has 2 rings (SSSR count). The van der Waals surface area contributed by atoms with Crippen molar-refractivity contribution in [3.63, 3.8) is 0 Å². The number of hydrogen-bond acceptors (Lipinski definition) is 3. The molecule has 7 heteroatoms. The van der Waals surface area contributed by atoms with Gasteiger partial charge in [0.2, 0.25) is 5.91 Å². The summed E-state index contributed by atoms with van der Waals surface area (Å²) < 4.78 is 42.9. The van der Waals surface area contributed by atoms with E-state index >= 15 is 0 Å². The number of amides is 1. The van der Waals surface area contributed by atoms with Crippen LogP contribution in [-0.4, -0.2) is 19.2 Å². The van der Waals surface area contributed by atoms with E-state index in [1.165, 1.54) is 25.5 Å². The molecule has 0 bridgehead atoms. The van der Waals surface area contributed by atoms with Gasteiger partial charge in [-0.3, -0.25) is 4.79 Å². The third-order valence-corrected chi connectivity index (χ3v) is 3.12. The van der Waals surface area contributed by atoms with Gasteiger partial charge in [-0.05, 0) is 29.3 Å². The van der Waals surface area contributed by atoms with Crippen molar-refractivity contribution in [1.29, 1.82) is 0 Å². The van der Waals surface area contributed by atoms with E-state index in [4.69, 9.17) is 4.74 Å². The molecule has 0 aliphatic rings. The standard InChI is InChI=1S/C17H15F3N2O2/c1-24-15-7-3-5-13(9-15)11-21-22-16(23)10-12-4-2-6-14(8-12)17(18,19)20/h2-9,11H,10H2,1H3,(H,22,23)/b21-11-. The number of carbonyl (C=O) groups is 1. The van der Waals surface area contributed by atoms with Gasteiger partial charge in [-0.1, -0.05) is 30.3 Å². The van der Waals surface area contributed by atoms with Crippen LogP contribution in [0.25, 0.3) is 0 Å². The summed E-state index contributed by atoms with van der Waals surface area (Å²) in [7, 11) is 1.53. The van der Waals surface area contributed by atoms with Gasteiger partial charge in [-0.2, -0.15) is 18.3 Å². The van der Waals surface area contributed by atoms with Gasteiger partial charge in [-0.15, -0.1) is 0 Å². The average molecular weight is 336 g/mol. The minimum Gasteiger partial charge on any atom is -0.497 e. The van der Waals surface area contributed by atoms with Crippen LogP contribution in [0, 0.1) is 0 Å². The zero-order valence-electron chi connectivity index (χ0n) is 12.8. The number of nitrogens with one attached hydrogen (secondary N) is 1. The maximum Gasteiger partial charge on any atom is 0.416 e. The SMILES string of the molecule is COc1cccc(/C=N\NC(=O)Cc2cccc(C(F)(F)F)c2)c1. The van der Waals surface area contributed by atoms with Crippen molar-refractivity contribution < 1.29 is 22.7 Å². The lowest BCUT2D eigenvalue weighted by Crippen LogP contribution is -2.20. The van der Waals surface area contributed by atoms with E-state index in [0.717, 1.165) is 12.1 Å². The third kappa shape index (κ3) is 5.12. The van der Waals surface area contributed by atoms with Gasteiger partial charge in [0.1, 0.15) is 5.75 Å². The summed E-state index contributed by atoms with van der Waals surface area (Å²) in [5.41, 5.74) is 2.48. The Morgan fingerprint density at radius 2 is 1.96 bits per heavy atom. The van der Waals surface area contributed by atoms with E-state index in [9.17, 15) is 18.0 Å². The topological polar surface area (TPSA) is 50.7 Å². The van der Waals surface area contributed by atoms with E-state index in [1.54, 1.807) is 24.3 Å². The number of hydrogen-bond donors (Lipinski definition) is 1. The summed E-state index contributed by atoms with van der Waals surface area (Å²) in [6.45, 7) is 0. The van der Waals surface area contributed by atoms with Crippen molar-refractivity contribution in [3.05, 3.63) is 65.2 Å². The van der Waals surface area contributed by atoms with Crippen molar-refractivity contribution in [1.82, 2.24) is 5.43 Å². The van der Waals surface area contributed by atoms with E-state index in [1.807, 2.05) is 0 Å². The van der Waals surface area contributed by atoms with Crippen molar-refractivity contribution in [2.75, 3.05) is 7.11 Å². The number of methoxy groups -OCH3 is 1. The number of halogens is 3. The number of rotatable bonds is 5. The highest BCUT2D eigenvalue weighted by molar-refractivity contribution is 5.83. The molecule has 0 saturated carbocycles. The molecule has 0 radical (unpaired) electrons. The van der Waals surface area contributed by atoms with Gasteiger partial charge < -0.3 is 4.74 Å². The number of hydrazone groups is 1.